The SMILES string of the molecule is COc1ccc(-c2nc3c4cccnc4c4ncccc4c3nc2-c2ccc(C)cc2)cc1. The molecule has 33 heavy (non-hydrogen) atoms. The standard InChI is InChI=1S/C28H20N4O/c1-17-7-9-18(10-8-17)23-24(19-11-13-20(33-2)14-12-19)32-28-22-6-4-16-30-26(22)25-21(27(28)31-23)5-3-15-29-25/h3-16H,1-2H3. The first kappa shape index (κ1) is 19.3. The molecule has 0 aliphatic rings. The van der Waals surface area contributed by atoms with Crippen LogP contribution in [-0.2, 0) is 0 Å². The second-order valence-electron chi connectivity index (χ2n) is 8.01. The molecule has 0 bridgehead atoms. The summed E-state index contributed by atoms with van der Waals surface area (Å²) >= 11 is 0. The number of pyridine rings is 2. The minimum atomic E-state index is 0.802. The van der Waals surface area contributed by atoms with E-state index in [2.05, 4.69) is 41.2 Å². The van der Waals surface area contributed by atoms with Crippen LogP contribution in [0.4, 0.5) is 0 Å². The summed E-state index contributed by atoms with van der Waals surface area (Å²) < 4.78 is 5.36. The minimum Gasteiger partial charge on any atom is -0.497 e. The molecule has 0 spiro atoms. The molecule has 6 aromatic rings. The summed E-state index contributed by atoms with van der Waals surface area (Å²) in [6, 6.07) is 24.3. The van der Waals surface area contributed by atoms with Gasteiger partial charge in [0.15, 0.2) is 0 Å². The Morgan fingerprint density at radius 3 is 1.55 bits per heavy atom. The van der Waals surface area contributed by atoms with Crippen molar-refractivity contribution in [2.75, 3.05) is 7.11 Å². The van der Waals surface area contributed by atoms with Gasteiger partial charge in [0.05, 0.1) is 40.6 Å². The van der Waals surface area contributed by atoms with Crippen LogP contribution in [0.3, 0.4) is 0 Å². The fourth-order valence-corrected chi connectivity index (χ4v) is 4.24. The van der Waals surface area contributed by atoms with Crippen LogP contribution in [0.15, 0.2) is 85.2 Å². The van der Waals surface area contributed by atoms with Gasteiger partial charge in [-0.3, -0.25) is 9.97 Å². The van der Waals surface area contributed by atoms with E-state index in [-0.39, 0.29) is 0 Å². The Labute approximate surface area is 190 Å². The van der Waals surface area contributed by atoms with Gasteiger partial charge in [0.2, 0.25) is 0 Å². The molecule has 0 saturated carbocycles. The highest BCUT2D eigenvalue weighted by molar-refractivity contribution is 6.21. The van der Waals surface area contributed by atoms with Crippen molar-refractivity contribution in [2.45, 2.75) is 6.92 Å². The number of benzene rings is 3. The maximum absolute atomic E-state index is 5.36. The molecular weight excluding hydrogens is 408 g/mol. The largest absolute Gasteiger partial charge is 0.497 e. The van der Waals surface area contributed by atoms with Crippen molar-refractivity contribution in [1.82, 2.24) is 19.9 Å². The Bertz CT molecular complexity index is 1640. The van der Waals surface area contributed by atoms with Crippen molar-refractivity contribution < 1.29 is 4.74 Å². The first-order chi connectivity index (χ1) is 16.2. The zero-order valence-corrected chi connectivity index (χ0v) is 18.3. The number of hydrogen-bond donors (Lipinski definition) is 0. The Morgan fingerprint density at radius 1 is 0.576 bits per heavy atom. The van der Waals surface area contributed by atoms with Crippen molar-refractivity contribution >= 4 is 32.8 Å². The Hall–Kier alpha value is -4.38. The van der Waals surface area contributed by atoms with E-state index in [1.165, 1.54) is 5.56 Å². The molecule has 0 aliphatic carbocycles. The highest BCUT2D eigenvalue weighted by atomic mass is 16.5. The van der Waals surface area contributed by atoms with Gasteiger partial charge >= 0.3 is 0 Å². The van der Waals surface area contributed by atoms with Crippen molar-refractivity contribution in [3.63, 3.8) is 0 Å². The summed E-state index contributed by atoms with van der Waals surface area (Å²) in [7, 11) is 1.67. The lowest BCUT2D eigenvalue weighted by atomic mass is 10.0. The molecule has 6 rings (SSSR count). The summed E-state index contributed by atoms with van der Waals surface area (Å²) in [5.74, 6) is 0.802. The summed E-state index contributed by atoms with van der Waals surface area (Å²) in [5, 5.41) is 1.89. The van der Waals surface area contributed by atoms with E-state index >= 15 is 0 Å². The number of nitrogens with zero attached hydrogens (tertiary/aromatic N) is 4. The van der Waals surface area contributed by atoms with Crippen LogP contribution in [0.5, 0.6) is 5.75 Å². The highest BCUT2D eigenvalue weighted by Crippen LogP contribution is 2.37. The zero-order valence-electron chi connectivity index (χ0n) is 18.3. The maximum atomic E-state index is 5.36. The van der Waals surface area contributed by atoms with E-state index in [9.17, 15) is 0 Å². The van der Waals surface area contributed by atoms with Crippen molar-refractivity contribution in [3.05, 3.63) is 90.8 Å². The molecule has 0 atom stereocenters. The van der Waals surface area contributed by atoms with Crippen LogP contribution in [0.1, 0.15) is 5.56 Å². The second-order valence-corrected chi connectivity index (χ2v) is 8.01. The molecule has 0 aliphatic heterocycles. The molecule has 3 heterocycles. The van der Waals surface area contributed by atoms with E-state index in [1.807, 2.05) is 48.5 Å². The zero-order chi connectivity index (χ0) is 22.4. The van der Waals surface area contributed by atoms with Crippen LogP contribution >= 0.6 is 0 Å². The predicted octanol–water partition coefficient (Wildman–Crippen LogP) is 6.38. The molecular formula is C28H20N4O. The fraction of sp³-hybridized carbons (Fsp3) is 0.0714. The number of aromatic nitrogens is 4. The van der Waals surface area contributed by atoms with Gasteiger partial charge in [-0.15, -0.1) is 0 Å². The number of rotatable bonds is 3. The van der Waals surface area contributed by atoms with E-state index < -0.39 is 0 Å². The average molecular weight is 428 g/mol. The molecule has 0 radical (unpaired) electrons. The van der Waals surface area contributed by atoms with Crippen LogP contribution in [0.25, 0.3) is 55.4 Å². The van der Waals surface area contributed by atoms with Gasteiger partial charge in [0.25, 0.3) is 0 Å². The average Bonchev–Trinajstić information content (AvgIpc) is 2.89. The Balaban J connectivity index is 1.76. The minimum absolute atomic E-state index is 0.802. The topological polar surface area (TPSA) is 60.8 Å². The van der Waals surface area contributed by atoms with Crippen LogP contribution in [0.2, 0.25) is 0 Å². The Kier molecular flexibility index (Phi) is 4.47. The molecule has 0 amide bonds. The third kappa shape index (κ3) is 3.17. The highest BCUT2D eigenvalue weighted by Gasteiger charge is 2.18. The van der Waals surface area contributed by atoms with Gasteiger partial charge in [-0.1, -0.05) is 29.8 Å². The fourth-order valence-electron chi connectivity index (χ4n) is 4.24. The van der Waals surface area contributed by atoms with Crippen LogP contribution < -0.4 is 4.74 Å². The lowest BCUT2D eigenvalue weighted by Crippen LogP contribution is -1.98. The van der Waals surface area contributed by atoms with Gasteiger partial charge in [-0.05, 0) is 55.5 Å². The number of hydrogen-bond acceptors (Lipinski definition) is 5. The van der Waals surface area contributed by atoms with Crippen molar-refractivity contribution in [1.29, 1.82) is 0 Å². The molecule has 3 aromatic heterocycles. The third-order valence-electron chi connectivity index (χ3n) is 5.93. The number of aryl methyl sites for hydroxylation is 1. The van der Waals surface area contributed by atoms with Gasteiger partial charge < -0.3 is 4.74 Å². The van der Waals surface area contributed by atoms with Gasteiger partial charge in [-0.25, -0.2) is 9.97 Å². The van der Waals surface area contributed by atoms with E-state index in [0.29, 0.717) is 0 Å². The first-order valence-electron chi connectivity index (χ1n) is 10.8. The van der Waals surface area contributed by atoms with E-state index in [1.54, 1.807) is 19.5 Å². The summed E-state index contributed by atoms with van der Waals surface area (Å²) in [5.41, 5.74) is 8.16. The molecule has 5 heteroatoms. The third-order valence-corrected chi connectivity index (χ3v) is 5.93. The quantitative estimate of drug-likeness (QED) is 0.306. The summed E-state index contributed by atoms with van der Waals surface area (Å²) in [6.45, 7) is 2.08. The molecule has 158 valence electrons. The lowest BCUT2D eigenvalue weighted by molar-refractivity contribution is 0.415. The second kappa shape index (κ2) is 7.64. The number of fused-ring (bicyclic) bond motifs is 6. The normalized spacial score (nSPS) is 11.3. The number of ether oxygens (including phenoxy) is 1. The first-order valence-corrected chi connectivity index (χ1v) is 10.8. The van der Waals surface area contributed by atoms with E-state index in [0.717, 1.165) is 61.1 Å². The van der Waals surface area contributed by atoms with Gasteiger partial charge in [0, 0.05) is 34.3 Å². The molecule has 0 unspecified atom stereocenters. The van der Waals surface area contributed by atoms with Crippen LogP contribution in [0, 0.1) is 6.92 Å². The lowest BCUT2D eigenvalue weighted by Gasteiger charge is -2.14. The molecule has 0 fully saturated rings. The summed E-state index contributed by atoms with van der Waals surface area (Å²) in [6.07, 6.45) is 3.59. The molecule has 5 nitrogen and oxygen atoms in total. The Morgan fingerprint density at radius 2 is 1.06 bits per heavy atom. The number of methoxy groups -OCH3 is 1. The monoisotopic (exact) mass is 428 g/mol. The predicted molar refractivity (Wildman–Crippen MR) is 132 cm³/mol. The molecule has 3 aromatic carbocycles. The van der Waals surface area contributed by atoms with Gasteiger partial charge in [-0.2, -0.15) is 0 Å². The van der Waals surface area contributed by atoms with E-state index in [4.69, 9.17) is 14.7 Å². The smallest absolute Gasteiger partial charge is 0.118 e. The van der Waals surface area contributed by atoms with Crippen molar-refractivity contribution in [2.24, 2.45) is 0 Å². The maximum Gasteiger partial charge on any atom is 0.118 e. The molecule has 0 saturated heterocycles. The van der Waals surface area contributed by atoms with Crippen LogP contribution in [-0.4, -0.2) is 27.0 Å². The molecule has 0 N–H and O–H groups in total. The summed E-state index contributed by atoms with van der Waals surface area (Å²) in [4.78, 5) is 19.7. The van der Waals surface area contributed by atoms with Crippen molar-refractivity contribution in [3.8, 4) is 28.3 Å². The van der Waals surface area contributed by atoms with Gasteiger partial charge in [0.1, 0.15) is 5.75 Å².